The Labute approximate surface area is 95.3 Å². The van der Waals surface area contributed by atoms with Crippen molar-refractivity contribution in [2.75, 3.05) is 13.1 Å². The van der Waals surface area contributed by atoms with E-state index < -0.39 is 0 Å². The second kappa shape index (κ2) is 5.05. The molecule has 0 bridgehead atoms. The maximum Gasteiger partial charge on any atom is 0.0926 e. The Morgan fingerprint density at radius 3 is 2.87 bits per heavy atom. The molecule has 15 heavy (non-hydrogen) atoms. The van der Waals surface area contributed by atoms with Crippen molar-refractivity contribution in [3.63, 3.8) is 0 Å². The summed E-state index contributed by atoms with van der Waals surface area (Å²) in [6, 6.07) is 0.419. The molecule has 3 nitrogen and oxygen atoms in total. The highest BCUT2D eigenvalue weighted by atomic mass is 32.1. The molecule has 0 radical (unpaired) electrons. The van der Waals surface area contributed by atoms with Gasteiger partial charge in [0, 0.05) is 31.1 Å². The van der Waals surface area contributed by atoms with Crippen molar-refractivity contribution in [1.82, 2.24) is 9.88 Å². The van der Waals surface area contributed by atoms with E-state index in [1.54, 1.807) is 11.3 Å². The number of rotatable bonds is 3. The Hall–Kier alpha value is -0.450. The number of nitrogens with zero attached hydrogens (tertiary/aromatic N) is 2. The quantitative estimate of drug-likeness (QED) is 0.850. The molecule has 1 aromatic heterocycles. The van der Waals surface area contributed by atoms with Gasteiger partial charge in [-0.2, -0.15) is 0 Å². The molecule has 0 aliphatic carbocycles. The first-order valence-corrected chi connectivity index (χ1v) is 6.57. The molecule has 0 saturated carbocycles. The van der Waals surface area contributed by atoms with Crippen molar-refractivity contribution in [2.45, 2.75) is 38.8 Å². The largest absolute Gasteiger partial charge is 0.328 e. The lowest BCUT2D eigenvalue weighted by Crippen LogP contribution is -2.39. The van der Waals surface area contributed by atoms with Gasteiger partial charge < -0.3 is 5.73 Å². The first-order chi connectivity index (χ1) is 7.28. The molecule has 0 atom stereocenters. The molecule has 1 saturated heterocycles. The van der Waals surface area contributed by atoms with Gasteiger partial charge in [0.1, 0.15) is 0 Å². The van der Waals surface area contributed by atoms with Gasteiger partial charge in [0.15, 0.2) is 0 Å². The fourth-order valence-corrected chi connectivity index (χ4v) is 2.66. The summed E-state index contributed by atoms with van der Waals surface area (Å²) in [5, 5.41) is 3.44. The smallest absolute Gasteiger partial charge is 0.0926 e. The Morgan fingerprint density at radius 1 is 1.53 bits per heavy atom. The fourth-order valence-electron chi connectivity index (χ4n) is 1.92. The Kier molecular flexibility index (Phi) is 3.72. The van der Waals surface area contributed by atoms with Crippen LogP contribution < -0.4 is 5.73 Å². The molecule has 1 aromatic rings. The minimum absolute atomic E-state index is 0.419. The molecule has 1 aliphatic heterocycles. The van der Waals surface area contributed by atoms with Gasteiger partial charge in [-0.05, 0) is 19.3 Å². The Balaban J connectivity index is 1.86. The SMILES string of the molecule is CCc1nc(CN2CCC(N)CC2)cs1. The summed E-state index contributed by atoms with van der Waals surface area (Å²) < 4.78 is 0. The van der Waals surface area contributed by atoms with Gasteiger partial charge in [0.05, 0.1) is 10.7 Å². The predicted molar refractivity (Wildman–Crippen MR) is 64.0 cm³/mol. The van der Waals surface area contributed by atoms with Crippen LogP contribution in [0.2, 0.25) is 0 Å². The van der Waals surface area contributed by atoms with Crippen LogP contribution >= 0.6 is 11.3 Å². The lowest BCUT2D eigenvalue weighted by molar-refractivity contribution is 0.204. The Bertz CT molecular complexity index is 303. The monoisotopic (exact) mass is 225 g/mol. The molecule has 0 spiro atoms. The van der Waals surface area contributed by atoms with Crippen LogP contribution in [0.1, 0.15) is 30.5 Å². The first kappa shape index (κ1) is 11.0. The molecule has 84 valence electrons. The van der Waals surface area contributed by atoms with Crippen LogP contribution in [0.15, 0.2) is 5.38 Å². The van der Waals surface area contributed by atoms with E-state index in [0.717, 1.165) is 38.9 Å². The first-order valence-electron chi connectivity index (χ1n) is 5.69. The van der Waals surface area contributed by atoms with Crippen LogP contribution in [0.4, 0.5) is 0 Å². The van der Waals surface area contributed by atoms with Crippen LogP contribution in [-0.4, -0.2) is 29.0 Å². The third kappa shape index (κ3) is 3.00. The molecule has 1 aliphatic rings. The summed E-state index contributed by atoms with van der Waals surface area (Å²) in [6.07, 6.45) is 3.31. The van der Waals surface area contributed by atoms with Crippen molar-refractivity contribution in [1.29, 1.82) is 0 Å². The molecule has 2 heterocycles. The van der Waals surface area contributed by atoms with Gasteiger partial charge in [-0.15, -0.1) is 11.3 Å². The number of aromatic nitrogens is 1. The van der Waals surface area contributed by atoms with Crippen LogP contribution in [0.25, 0.3) is 0 Å². The van der Waals surface area contributed by atoms with E-state index in [-0.39, 0.29) is 0 Å². The standard InChI is InChI=1S/C11H19N3S/c1-2-11-13-10(8-15-11)7-14-5-3-9(12)4-6-14/h8-9H,2-7,12H2,1H3. The maximum atomic E-state index is 5.88. The van der Waals surface area contributed by atoms with Gasteiger partial charge in [0.2, 0.25) is 0 Å². The number of likely N-dealkylation sites (tertiary alicyclic amines) is 1. The van der Waals surface area contributed by atoms with Gasteiger partial charge in [-0.3, -0.25) is 4.90 Å². The predicted octanol–water partition coefficient (Wildman–Crippen LogP) is 1.63. The molecular formula is C11H19N3S. The summed E-state index contributed by atoms with van der Waals surface area (Å²) in [6.45, 7) is 5.41. The number of piperidine rings is 1. The number of hydrogen-bond donors (Lipinski definition) is 1. The van der Waals surface area contributed by atoms with Crippen molar-refractivity contribution in [3.05, 3.63) is 16.1 Å². The zero-order valence-electron chi connectivity index (χ0n) is 9.28. The van der Waals surface area contributed by atoms with Crippen LogP contribution in [0.3, 0.4) is 0 Å². The molecular weight excluding hydrogens is 206 g/mol. The molecule has 0 aromatic carbocycles. The van der Waals surface area contributed by atoms with E-state index in [4.69, 9.17) is 5.73 Å². The van der Waals surface area contributed by atoms with Gasteiger partial charge in [-0.25, -0.2) is 4.98 Å². The lowest BCUT2D eigenvalue weighted by atomic mass is 10.1. The zero-order chi connectivity index (χ0) is 10.7. The molecule has 4 heteroatoms. The van der Waals surface area contributed by atoms with E-state index in [2.05, 4.69) is 22.2 Å². The maximum absolute atomic E-state index is 5.88. The summed E-state index contributed by atoms with van der Waals surface area (Å²) in [5.41, 5.74) is 7.10. The lowest BCUT2D eigenvalue weighted by Gasteiger charge is -2.29. The van der Waals surface area contributed by atoms with Crippen molar-refractivity contribution in [2.24, 2.45) is 5.73 Å². The molecule has 2 N–H and O–H groups in total. The summed E-state index contributed by atoms with van der Waals surface area (Å²) >= 11 is 1.78. The average Bonchev–Trinajstić information content (AvgIpc) is 2.69. The summed E-state index contributed by atoms with van der Waals surface area (Å²) in [5.74, 6) is 0. The summed E-state index contributed by atoms with van der Waals surface area (Å²) in [4.78, 5) is 7.04. The molecule has 2 rings (SSSR count). The van der Waals surface area contributed by atoms with E-state index in [0.29, 0.717) is 6.04 Å². The van der Waals surface area contributed by atoms with Crippen LogP contribution in [0.5, 0.6) is 0 Å². The second-order valence-corrected chi connectivity index (χ2v) is 5.14. The minimum Gasteiger partial charge on any atom is -0.328 e. The van der Waals surface area contributed by atoms with E-state index in [9.17, 15) is 0 Å². The highest BCUT2D eigenvalue weighted by Crippen LogP contribution is 2.15. The highest BCUT2D eigenvalue weighted by Gasteiger charge is 2.16. The van der Waals surface area contributed by atoms with Crippen molar-refractivity contribution >= 4 is 11.3 Å². The highest BCUT2D eigenvalue weighted by molar-refractivity contribution is 7.09. The van der Waals surface area contributed by atoms with Gasteiger partial charge >= 0.3 is 0 Å². The fraction of sp³-hybridized carbons (Fsp3) is 0.727. The summed E-state index contributed by atoms with van der Waals surface area (Å²) in [7, 11) is 0. The van der Waals surface area contributed by atoms with E-state index in [1.807, 2.05) is 0 Å². The zero-order valence-corrected chi connectivity index (χ0v) is 10.1. The van der Waals surface area contributed by atoms with E-state index in [1.165, 1.54) is 10.7 Å². The van der Waals surface area contributed by atoms with Gasteiger partial charge in [0.25, 0.3) is 0 Å². The molecule has 0 unspecified atom stereocenters. The van der Waals surface area contributed by atoms with Gasteiger partial charge in [-0.1, -0.05) is 6.92 Å². The molecule has 0 amide bonds. The van der Waals surface area contributed by atoms with Crippen LogP contribution in [0, 0.1) is 0 Å². The average molecular weight is 225 g/mol. The normalized spacial score (nSPS) is 19.6. The van der Waals surface area contributed by atoms with Crippen molar-refractivity contribution < 1.29 is 0 Å². The van der Waals surface area contributed by atoms with E-state index >= 15 is 0 Å². The van der Waals surface area contributed by atoms with Crippen LogP contribution in [-0.2, 0) is 13.0 Å². The third-order valence-corrected chi connectivity index (χ3v) is 3.96. The number of aryl methyl sites for hydroxylation is 1. The van der Waals surface area contributed by atoms with Crippen molar-refractivity contribution in [3.8, 4) is 0 Å². The molecule has 1 fully saturated rings. The number of hydrogen-bond acceptors (Lipinski definition) is 4. The number of thiazole rings is 1. The number of nitrogens with two attached hydrogens (primary N) is 1. The third-order valence-electron chi connectivity index (χ3n) is 2.92. The Morgan fingerprint density at radius 2 is 2.27 bits per heavy atom. The second-order valence-electron chi connectivity index (χ2n) is 4.20. The minimum atomic E-state index is 0.419. The topological polar surface area (TPSA) is 42.2 Å².